The highest BCUT2D eigenvalue weighted by Gasteiger charge is 2.28. The molecule has 1 aromatic carbocycles. The van der Waals surface area contributed by atoms with E-state index in [-0.39, 0.29) is 30.0 Å². The molecule has 1 heterocycles. The summed E-state index contributed by atoms with van der Waals surface area (Å²) in [6, 6.07) is 3.07. The van der Waals surface area contributed by atoms with Gasteiger partial charge in [0.25, 0.3) is 0 Å². The Morgan fingerprint density at radius 2 is 2.26 bits per heavy atom. The minimum atomic E-state index is -0.706. The van der Waals surface area contributed by atoms with Crippen molar-refractivity contribution >= 4 is 5.91 Å². The van der Waals surface area contributed by atoms with Crippen LogP contribution in [0.3, 0.4) is 0 Å². The first-order valence-corrected chi connectivity index (χ1v) is 6.07. The first-order valence-electron chi connectivity index (χ1n) is 6.07. The van der Waals surface area contributed by atoms with E-state index in [0.717, 1.165) is 12.1 Å². The summed E-state index contributed by atoms with van der Waals surface area (Å²) in [7, 11) is 1.58. The van der Waals surface area contributed by atoms with Crippen molar-refractivity contribution in [1.29, 1.82) is 0 Å². The molecule has 1 saturated heterocycles. The van der Waals surface area contributed by atoms with Gasteiger partial charge in [0.1, 0.15) is 11.6 Å². The summed E-state index contributed by atoms with van der Waals surface area (Å²) in [5.41, 5.74) is 0.179. The summed E-state index contributed by atoms with van der Waals surface area (Å²) in [5, 5.41) is 5.88. The van der Waals surface area contributed by atoms with Crippen molar-refractivity contribution in [3.05, 3.63) is 35.4 Å². The van der Waals surface area contributed by atoms with Crippen molar-refractivity contribution in [3.8, 4) is 0 Å². The second kappa shape index (κ2) is 6.08. The van der Waals surface area contributed by atoms with Crippen LogP contribution in [0.5, 0.6) is 0 Å². The number of halogens is 2. The van der Waals surface area contributed by atoms with Crippen molar-refractivity contribution in [2.75, 3.05) is 20.2 Å². The average Bonchev–Trinajstić information content (AvgIpc) is 2.80. The second-order valence-corrected chi connectivity index (χ2v) is 4.52. The maximum atomic E-state index is 13.4. The Morgan fingerprint density at radius 1 is 1.47 bits per heavy atom. The lowest BCUT2D eigenvalue weighted by Gasteiger charge is -2.18. The molecule has 1 aliphatic heterocycles. The number of carbonyl (C=O) groups excluding carboxylic acids is 1. The Bertz CT molecular complexity index is 468. The molecule has 1 fully saturated rings. The molecule has 0 radical (unpaired) electrons. The fourth-order valence-corrected chi connectivity index (χ4v) is 2.14. The molecule has 104 valence electrons. The molecular formula is C13H16F2N2O2. The van der Waals surface area contributed by atoms with Crippen LogP contribution < -0.4 is 10.6 Å². The van der Waals surface area contributed by atoms with E-state index < -0.39 is 11.6 Å². The van der Waals surface area contributed by atoms with E-state index >= 15 is 0 Å². The van der Waals surface area contributed by atoms with Crippen LogP contribution in [0.25, 0.3) is 0 Å². The van der Waals surface area contributed by atoms with Gasteiger partial charge in [0, 0.05) is 26.3 Å². The summed E-state index contributed by atoms with van der Waals surface area (Å²) in [5.74, 6) is -1.66. The number of nitrogens with one attached hydrogen (secondary N) is 2. The zero-order valence-electron chi connectivity index (χ0n) is 10.6. The minimum Gasteiger partial charge on any atom is -0.378 e. The van der Waals surface area contributed by atoms with Crippen molar-refractivity contribution in [3.63, 3.8) is 0 Å². The maximum Gasteiger partial charge on any atom is 0.224 e. The van der Waals surface area contributed by atoms with E-state index in [2.05, 4.69) is 10.6 Å². The third kappa shape index (κ3) is 3.48. The average molecular weight is 270 g/mol. The Kier molecular flexibility index (Phi) is 4.44. The van der Waals surface area contributed by atoms with Gasteiger partial charge < -0.3 is 15.4 Å². The molecule has 2 atom stereocenters. The van der Waals surface area contributed by atoms with E-state index in [0.29, 0.717) is 13.1 Å². The Balaban J connectivity index is 1.94. The molecule has 2 N–H and O–H groups in total. The predicted octanol–water partition coefficient (Wildman–Crippen LogP) is 0.610. The second-order valence-electron chi connectivity index (χ2n) is 4.52. The zero-order valence-corrected chi connectivity index (χ0v) is 10.6. The third-order valence-electron chi connectivity index (χ3n) is 3.17. The fraction of sp³-hybridized carbons (Fsp3) is 0.462. The van der Waals surface area contributed by atoms with Gasteiger partial charge in [0.2, 0.25) is 5.91 Å². The predicted molar refractivity (Wildman–Crippen MR) is 65.7 cm³/mol. The third-order valence-corrected chi connectivity index (χ3v) is 3.17. The normalized spacial score (nSPS) is 22.5. The quantitative estimate of drug-likeness (QED) is 0.843. The SMILES string of the molecule is CO[C@H]1CNC[C@@H]1NC(=O)Cc1ccc(F)cc1F. The maximum absolute atomic E-state index is 13.4. The molecular weight excluding hydrogens is 254 g/mol. The number of carbonyl (C=O) groups is 1. The highest BCUT2D eigenvalue weighted by atomic mass is 19.1. The first-order chi connectivity index (χ1) is 9.10. The topological polar surface area (TPSA) is 50.4 Å². The van der Waals surface area contributed by atoms with Crippen molar-refractivity contribution in [2.24, 2.45) is 0 Å². The van der Waals surface area contributed by atoms with Gasteiger partial charge in [0.05, 0.1) is 18.6 Å². The minimum absolute atomic E-state index is 0.0815. The Labute approximate surface area is 110 Å². The van der Waals surface area contributed by atoms with Gasteiger partial charge in [-0.2, -0.15) is 0 Å². The van der Waals surface area contributed by atoms with Gasteiger partial charge in [-0.3, -0.25) is 4.79 Å². The van der Waals surface area contributed by atoms with E-state index in [9.17, 15) is 13.6 Å². The number of benzene rings is 1. The van der Waals surface area contributed by atoms with E-state index in [1.807, 2.05) is 0 Å². The molecule has 0 bridgehead atoms. The van der Waals surface area contributed by atoms with Crippen molar-refractivity contribution in [1.82, 2.24) is 10.6 Å². The van der Waals surface area contributed by atoms with Crippen molar-refractivity contribution in [2.45, 2.75) is 18.6 Å². The number of hydrogen-bond acceptors (Lipinski definition) is 3. The molecule has 0 saturated carbocycles. The molecule has 1 aromatic rings. The van der Waals surface area contributed by atoms with Crippen LogP contribution in [-0.4, -0.2) is 38.3 Å². The van der Waals surface area contributed by atoms with Crippen molar-refractivity contribution < 1.29 is 18.3 Å². The van der Waals surface area contributed by atoms with E-state index in [1.165, 1.54) is 6.07 Å². The van der Waals surface area contributed by atoms with Gasteiger partial charge in [-0.25, -0.2) is 8.78 Å². The summed E-state index contributed by atoms with van der Waals surface area (Å²) in [6.07, 6.45) is -0.194. The van der Waals surface area contributed by atoms with Gasteiger partial charge >= 0.3 is 0 Å². The molecule has 6 heteroatoms. The van der Waals surface area contributed by atoms with Gasteiger partial charge in [-0.15, -0.1) is 0 Å². The van der Waals surface area contributed by atoms with Crippen LogP contribution in [0.2, 0.25) is 0 Å². The molecule has 0 spiro atoms. The molecule has 19 heavy (non-hydrogen) atoms. The molecule has 1 aliphatic rings. The highest BCUT2D eigenvalue weighted by Crippen LogP contribution is 2.11. The van der Waals surface area contributed by atoms with Crippen LogP contribution in [0.15, 0.2) is 18.2 Å². The summed E-state index contributed by atoms with van der Waals surface area (Å²) in [6.45, 7) is 1.29. The van der Waals surface area contributed by atoms with Crippen LogP contribution in [0.1, 0.15) is 5.56 Å². The molecule has 2 rings (SSSR count). The summed E-state index contributed by atoms with van der Waals surface area (Å²) in [4.78, 5) is 11.8. The smallest absolute Gasteiger partial charge is 0.224 e. The lowest BCUT2D eigenvalue weighted by atomic mass is 10.1. The largest absolute Gasteiger partial charge is 0.378 e. The first kappa shape index (κ1) is 13.9. The molecule has 1 amide bonds. The lowest BCUT2D eigenvalue weighted by molar-refractivity contribution is -0.121. The van der Waals surface area contributed by atoms with Crippen LogP contribution in [0, 0.1) is 11.6 Å². The number of hydrogen-bond donors (Lipinski definition) is 2. The Morgan fingerprint density at radius 3 is 2.95 bits per heavy atom. The molecule has 0 aliphatic carbocycles. The Hall–Kier alpha value is -1.53. The number of rotatable bonds is 4. The van der Waals surface area contributed by atoms with Gasteiger partial charge in [-0.1, -0.05) is 6.07 Å². The summed E-state index contributed by atoms with van der Waals surface area (Å²) >= 11 is 0. The zero-order chi connectivity index (χ0) is 13.8. The number of methoxy groups -OCH3 is 1. The molecule has 0 aromatic heterocycles. The summed E-state index contributed by atoms with van der Waals surface area (Å²) < 4.78 is 31.4. The van der Waals surface area contributed by atoms with Crippen LogP contribution in [0.4, 0.5) is 8.78 Å². The van der Waals surface area contributed by atoms with Crippen LogP contribution in [-0.2, 0) is 16.0 Å². The standard InChI is InChI=1S/C13H16F2N2O2/c1-19-12-7-16-6-11(12)17-13(18)4-8-2-3-9(14)5-10(8)15/h2-3,5,11-12,16H,4,6-7H2,1H3,(H,17,18)/t11-,12-/m0/s1. The van der Waals surface area contributed by atoms with Gasteiger partial charge in [0.15, 0.2) is 0 Å². The van der Waals surface area contributed by atoms with Gasteiger partial charge in [-0.05, 0) is 11.6 Å². The monoisotopic (exact) mass is 270 g/mol. The highest BCUT2D eigenvalue weighted by molar-refractivity contribution is 5.79. The fourth-order valence-electron chi connectivity index (χ4n) is 2.14. The molecule has 4 nitrogen and oxygen atoms in total. The van der Waals surface area contributed by atoms with E-state index in [4.69, 9.17) is 4.74 Å². The lowest BCUT2D eigenvalue weighted by Crippen LogP contribution is -2.44. The number of amides is 1. The number of ether oxygens (including phenoxy) is 1. The van der Waals surface area contributed by atoms with E-state index in [1.54, 1.807) is 7.11 Å². The van der Waals surface area contributed by atoms with Crippen LogP contribution >= 0.6 is 0 Å². The molecule has 0 unspecified atom stereocenters.